The van der Waals surface area contributed by atoms with Crippen molar-refractivity contribution < 1.29 is 0 Å². The molecule has 0 atom stereocenters. The van der Waals surface area contributed by atoms with E-state index in [9.17, 15) is 0 Å². The Balaban J connectivity index is 0. The lowest BCUT2D eigenvalue weighted by atomic mass is 9.94. The Morgan fingerprint density at radius 1 is 0.667 bits per heavy atom. The van der Waals surface area contributed by atoms with Crippen LogP contribution in [-0.2, 0) is 0 Å². The molecule has 0 bridgehead atoms. The van der Waals surface area contributed by atoms with E-state index in [1.54, 1.807) is 0 Å². The second kappa shape index (κ2) is 14.1. The van der Waals surface area contributed by atoms with Gasteiger partial charge in [0.15, 0.2) is 0 Å². The summed E-state index contributed by atoms with van der Waals surface area (Å²) in [5.74, 6) is 0. The predicted octanol–water partition coefficient (Wildman–Crippen LogP) is 6.82. The van der Waals surface area contributed by atoms with Gasteiger partial charge in [-0.25, -0.2) is 0 Å². The van der Waals surface area contributed by atoms with Gasteiger partial charge >= 0.3 is 0 Å². The Hall–Kier alpha value is 0.640. The van der Waals surface area contributed by atoms with E-state index >= 15 is 0 Å². The van der Waals surface area contributed by atoms with Gasteiger partial charge in [-0.05, 0) is 19.3 Å². The van der Waals surface area contributed by atoms with Crippen LogP contribution < -0.4 is 0 Å². The number of hydrogen-bond acceptors (Lipinski definition) is 1. The maximum Gasteiger partial charge on any atom is 0.0124 e. The Labute approximate surface area is 128 Å². The van der Waals surface area contributed by atoms with E-state index in [1.165, 1.54) is 77.0 Å². The first-order valence-electron chi connectivity index (χ1n) is 7.91. The van der Waals surface area contributed by atoms with Gasteiger partial charge in [-0.2, -0.15) is 12.6 Å². The van der Waals surface area contributed by atoms with Gasteiger partial charge in [0.1, 0.15) is 0 Å². The van der Waals surface area contributed by atoms with Gasteiger partial charge in [0.25, 0.3) is 0 Å². The topological polar surface area (TPSA) is 0 Å². The standard InChI is InChI=1S/C16H34S.ClH/c1-4-7-8-9-10-11-12-13-14-15-16(17,5-2)6-3;/h17H,4-15H2,1-3H3;1H. The second-order valence-electron chi connectivity index (χ2n) is 5.51. The van der Waals surface area contributed by atoms with E-state index in [2.05, 4.69) is 20.8 Å². The van der Waals surface area contributed by atoms with E-state index in [0.717, 1.165) is 0 Å². The first kappa shape index (κ1) is 20.9. The molecule has 2 heteroatoms. The summed E-state index contributed by atoms with van der Waals surface area (Å²) in [5, 5.41) is 0. The molecule has 0 aliphatic carbocycles. The van der Waals surface area contributed by atoms with Crippen LogP contribution in [0.3, 0.4) is 0 Å². The van der Waals surface area contributed by atoms with Crippen LogP contribution in [0.2, 0.25) is 0 Å². The number of unbranched alkanes of at least 4 members (excludes halogenated alkanes) is 8. The lowest BCUT2D eigenvalue weighted by molar-refractivity contribution is 0.470. The van der Waals surface area contributed by atoms with Crippen molar-refractivity contribution in [2.45, 2.75) is 103 Å². The van der Waals surface area contributed by atoms with E-state index in [-0.39, 0.29) is 12.4 Å². The number of hydrogen-bond donors (Lipinski definition) is 1. The number of thiol groups is 1. The summed E-state index contributed by atoms with van der Waals surface area (Å²) in [7, 11) is 0. The van der Waals surface area contributed by atoms with Crippen molar-refractivity contribution in [3.63, 3.8) is 0 Å². The average Bonchev–Trinajstić information content (AvgIpc) is 2.36. The van der Waals surface area contributed by atoms with Crippen molar-refractivity contribution in [2.24, 2.45) is 0 Å². The van der Waals surface area contributed by atoms with Crippen LogP contribution in [0.5, 0.6) is 0 Å². The normalized spacial score (nSPS) is 11.3. The van der Waals surface area contributed by atoms with E-state index in [4.69, 9.17) is 12.6 Å². The van der Waals surface area contributed by atoms with E-state index < -0.39 is 0 Å². The average molecular weight is 295 g/mol. The minimum absolute atomic E-state index is 0. The first-order valence-corrected chi connectivity index (χ1v) is 8.35. The molecular weight excluding hydrogens is 260 g/mol. The Morgan fingerprint density at radius 2 is 1.06 bits per heavy atom. The lowest BCUT2D eigenvalue weighted by Gasteiger charge is -2.25. The molecule has 0 aromatic carbocycles. The zero-order valence-corrected chi connectivity index (χ0v) is 14.6. The molecule has 0 nitrogen and oxygen atoms in total. The molecule has 0 fully saturated rings. The molecule has 0 aromatic rings. The maximum absolute atomic E-state index is 4.80. The largest absolute Gasteiger partial charge is 0.173 e. The fraction of sp³-hybridized carbons (Fsp3) is 1.00. The summed E-state index contributed by atoms with van der Waals surface area (Å²) in [6, 6.07) is 0. The highest BCUT2D eigenvalue weighted by atomic mass is 35.5. The summed E-state index contributed by atoms with van der Waals surface area (Å²) < 4.78 is 0.321. The SMILES string of the molecule is CCCCCCCCCCCC(S)(CC)CC.Cl. The Morgan fingerprint density at radius 3 is 1.44 bits per heavy atom. The molecule has 0 unspecified atom stereocenters. The van der Waals surface area contributed by atoms with Gasteiger partial charge in [0, 0.05) is 4.75 Å². The molecule has 0 N–H and O–H groups in total. The predicted molar refractivity (Wildman–Crippen MR) is 91.4 cm³/mol. The van der Waals surface area contributed by atoms with Crippen LogP contribution >= 0.6 is 25.0 Å². The third-order valence-corrected chi connectivity index (χ3v) is 4.92. The maximum atomic E-state index is 4.80. The fourth-order valence-electron chi connectivity index (χ4n) is 2.37. The van der Waals surface area contributed by atoms with Crippen molar-refractivity contribution in [1.29, 1.82) is 0 Å². The molecule has 18 heavy (non-hydrogen) atoms. The van der Waals surface area contributed by atoms with Gasteiger partial charge in [-0.1, -0.05) is 78.6 Å². The molecule has 0 amide bonds. The lowest BCUT2D eigenvalue weighted by Crippen LogP contribution is -2.18. The molecule has 0 saturated heterocycles. The molecule has 0 saturated carbocycles. The zero-order chi connectivity index (χ0) is 13.0. The summed E-state index contributed by atoms with van der Waals surface area (Å²) >= 11 is 4.80. The van der Waals surface area contributed by atoms with Crippen molar-refractivity contribution in [3.05, 3.63) is 0 Å². The highest BCUT2D eigenvalue weighted by molar-refractivity contribution is 7.81. The van der Waals surface area contributed by atoms with Crippen LogP contribution in [0, 0.1) is 0 Å². The van der Waals surface area contributed by atoms with Crippen LogP contribution in [0.1, 0.15) is 97.8 Å². The molecule has 0 heterocycles. The van der Waals surface area contributed by atoms with E-state index in [0.29, 0.717) is 4.75 Å². The second-order valence-corrected chi connectivity index (χ2v) is 6.46. The molecule has 0 radical (unpaired) electrons. The van der Waals surface area contributed by atoms with Crippen molar-refractivity contribution in [1.82, 2.24) is 0 Å². The van der Waals surface area contributed by atoms with Crippen LogP contribution in [0.25, 0.3) is 0 Å². The van der Waals surface area contributed by atoms with Crippen LogP contribution in [-0.4, -0.2) is 4.75 Å². The van der Waals surface area contributed by atoms with Gasteiger partial charge in [-0.15, -0.1) is 12.4 Å². The zero-order valence-electron chi connectivity index (χ0n) is 12.8. The summed E-state index contributed by atoms with van der Waals surface area (Å²) in [5.41, 5.74) is 0. The fourth-order valence-corrected chi connectivity index (χ4v) is 2.53. The molecule has 0 aliphatic heterocycles. The Kier molecular flexibility index (Phi) is 16.4. The molecule has 0 aromatic heterocycles. The summed E-state index contributed by atoms with van der Waals surface area (Å²) in [4.78, 5) is 0. The minimum atomic E-state index is 0. The third kappa shape index (κ3) is 11.7. The Bertz CT molecular complexity index is 155. The molecular formula is C16H35ClS. The molecule has 0 rings (SSSR count). The smallest absolute Gasteiger partial charge is 0.0124 e. The molecule has 112 valence electrons. The monoisotopic (exact) mass is 294 g/mol. The van der Waals surface area contributed by atoms with E-state index in [1.807, 2.05) is 0 Å². The van der Waals surface area contributed by atoms with Gasteiger partial charge in [0.2, 0.25) is 0 Å². The highest BCUT2D eigenvalue weighted by Gasteiger charge is 2.19. The van der Waals surface area contributed by atoms with Gasteiger partial charge in [0.05, 0.1) is 0 Å². The van der Waals surface area contributed by atoms with Crippen molar-refractivity contribution >= 4 is 25.0 Å². The quantitative estimate of drug-likeness (QED) is 0.296. The van der Waals surface area contributed by atoms with Gasteiger partial charge < -0.3 is 0 Å². The minimum Gasteiger partial charge on any atom is -0.173 e. The molecule has 0 spiro atoms. The van der Waals surface area contributed by atoms with Crippen molar-refractivity contribution in [2.75, 3.05) is 0 Å². The summed E-state index contributed by atoms with van der Waals surface area (Å²) in [6.07, 6.45) is 16.5. The van der Waals surface area contributed by atoms with Crippen LogP contribution in [0.15, 0.2) is 0 Å². The number of halogens is 1. The third-order valence-electron chi connectivity index (χ3n) is 4.06. The number of rotatable bonds is 12. The molecule has 0 aliphatic rings. The van der Waals surface area contributed by atoms with Crippen LogP contribution in [0.4, 0.5) is 0 Å². The van der Waals surface area contributed by atoms with Crippen molar-refractivity contribution in [3.8, 4) is 0 Å². The first-order chi connectivity index (χ1) is 8.18. The summed E-state index contributed by atoms with van der Waals surface area (Å²) in [6.45, 7) is 6.82. The highest BCUT2D eigenvalue weighted by Crippen LogP contribution is 2.29. The van der Waals surface area contributed by atoms with Gasteiger partial charge in [-0.3, -0.25) is 0 Å².